The first kappa shape index (κ1) is 24.6. The van der Waals surface area contributed by atoms with Crippen molar-refractivity contribution in [3.05, 3.63) is 28.2 Å². The van der Waals surface area contributed by atoms with E-state index in [1.54, 1.807) is 39.0 Å². The lowest BCUT2D eigenvalue weighted by Gasteiger charge is -2.36. The molecule has 4 amide bonds. The number of ether oxygens (including phenoxy) is 1. The molecule has 28 heavy (non-hydrogen) atoms. The van der Waals surface area contributed by atoms with Gasteiger partial charge in [-0.2, -0.15) is 0 Å². The fourth-order valence-corrected chi connectivity index (χ4v) is 3.37. The number of nitrogens with one attached hydrogen (secondary N) is 2. The average Bonchev–Trinajstić information content (AvgIpc) is 2.62. The number of rotatable bonds is 5. The summed E-state index contributed by atoms with van der Waals surface area (Å²) in [6.07, 6.45) is 0.324. The highest BCUT2D eigenvalue weighted by Crippen LogP contribution is 2.28. The zero-order valence-electron chi connectivity index (χ0n) is 16.9. The van der Waals surface area contributed by atoms with Crippen LogP contribution in [-0.2, 0) is 4.74 Å². The Morgan fingerprint density at radius 2 is 1.86 bits per heavy atom. The van der Waals surface area contributed by atoms with Crippen LogP contribution >= 0.6 is 35.1 Å². The van der Waals surface area contributed by atoms with Gasteiger partial charge in [-0.25, -0.2) is 19.7 Å². The van der Waals surface area contributed by atoms with Crippen LogP contribution in [0.2, 0.25) is 10.0 Å². The monoisotopic (exact) mass is 449 g/mol. The summed E-state index contributed by atoms with van der Waals surface area (Å²) in [5.74, 6) is 0. The van der Waals surface area contributed by atoms with Crippen molar-refractivity contribution >= 4 is 53.2 Å². The number of urea groups is 2. The molecule has 0 spiro atoms. The van der Waals surface area contributed by atoms with Crippen molar-refractivity contribution in [2.75, 3.05) is 14.1 Å². The third kappa shape index (κ3) is 5.31. The van der Waals surface area contributed by atoms with Crippen molar-refractivity contribution in [2.24, 2.45) is 0 Å². The Kier molecular flexibility index (Phi) is 9.07. The largest absolute Gasteiger partial charge is 0.445 e. The van der Waals surface area contributed by atoms with Crippen LogP contribution in [-0.4, -0.2) is 53.7 Å². The molecule has 7 nitrogen and oxygen atoms in total. The molecule has 2 atom stereocenters. The van der Waals surface area contributed by atoms with E-state index in [-0.39, 0.29) is 6.10 Å². The standard InChI is InChI=1S/C18H26Cl2N4O3S/c1-7-12(4)27-16(21)24(11(2)3,18(26)23(5)6)17(25)22-28-13-8-9-14(19)15(20)10-13/h8-12,21H,7H2,1-6H3/p+1. The Hall–Kier alpha value is -1.48. The number of imide groups is 1. The van der Waals surface area contributed by atoms with Gasteiger partial charge in [-0.1, -0.05) is 34.6 Å². The van der Waals surface area contributed by atoms with Crippen LogP contribution in [0, 0.1) is 5.41 Å². The Morgan fingerprint density at radius 1 is 1.25 bits per heavy atom. The number of carbonyl (C=O) groups is 2. The molecule has 0 saturated carbocycles. The van der Waals surface area contributed by atoms with E-state index in [4.69, 9.17) is 33.3 Å². The van der Waals surface area contributed by atoms with E-state index in [9.17, 15) is 9.59 Å². The molecule has 0 saturated heterocycles. The summed E-state index contributed by atoms with van der Waals surface area (Å²) in [7, 11) is 3.07. The highest BCUT2D eigenvalue weighted by Gasteiger charge is 2.56. The predicted octanol–water partition coefficient (Wildman–Crippen LogP) is 5.37. The van der Waals surface area contributed by atoms with E-state index in [0.717, 1.165) is 11.9 Å². The molecule has 1 aromatic rings. The van der Waals surface area contributed by atoms with Gasteiger partial charge in [0.05, 0.1) is 10.0 Å². The number of quaternary nitrogens is 1. The number of hydrogen-bond acceptors (Lipinski definition) is 5. The molecule has 2 N–H and O–H groups in total. The molecule has 0 aliphatic carbocycles. The quantitative estimate of drug-likeness (QED) is 0.274. The molecule has 1 rings (SSSR count). The molecule has 0 aliphatic heterocycles. The minimum Gasteiger partial charge on any atom is -0.433 e. The zero-order valence-corrected chi connectivity index (χ0v) is 19.2. The second-order valence-electron chi connectivity index (χ2n) is 6.72. The van der Waals surface area contributed by atoms with Crippen LogP contribution in [0.25, 0.3) is 0 Å². The van der Waals surface area contributed by atoms with Crippen LogP contribution in [0.1, 0.15) is 34.1 Å². The van der Waals surface area contributed by atoms with Crippen LogP contribution < -0.4 is 4.72 Å². The summed E-state index contributed by atoms with van der Waals surface area (Å²) in [6, 6.07) is 2.66. The highest BCUT2D eigenvalue weighted by atomic mass is 35.5. The van der Waals surface area contributed by atoms with Gasteiger partial charge in [0.15, 0.2) is 0 Å². The number of amidine groups is 1. The fraction of sp³-hybridized carbons (Fsp3) is 0.500. The number of amides is 4. The normalized spacial score (nSPS) is 14.2. The van der Waals surface area contributed by atoms with Gasteiger partial charge in [-0.15, -0.1) is 0 Å². The molecular formula is C18H27Cl2N4O3S+. The van der Waals surface area contributed by atoms with Crippen molar-refractivity contribution < 1.29 is 18.8 Å². The summed E-state index contributed by atoms with van der Waals surface area (Å²) in [5, 5.41) is 9.20. The summed E-state index contributed by atoms with van der Waals surface area (Å²) >= 11 is 12.9. The van der Waals surface area contributed by atoms with E-state index in [0.29, 0.717) is 21.4 Å². The lowest BCUT2D eigenvalue weighted by Crippen LogP contribution is -2.69. The van der Waals surface area contributed by atoms with Crippen molar-refractivity contribution in [1.29, 1.82) is 5.41 Å². The van der Waals surface area contributed by atoms with E-state index < -0.39 is 28.6 Å². The first-order valence-corrected chi connectivity index (χ1v) is 10.3. The van der Waals surface area contributed by atoms with Gasteiger partial charge in [-0.3, -0.25) is 4.90 Å². The molecule has 156 valence electrons. The average molecular weight is 450 g/mol. The van der Waals surface area contributed by atoms with Crippen molar-refractivity contribution in [1.82, 2.24) is 9.62 Å². The van der Waals surface area contributed by atoms with E-state index in [1.165, 1.54) is 19.0 Å². The zero-order chi connectivity index (χ0) is 21.6. The molecule has 1 aromatic carbocycles. The first-order valence-electron chi connectivity index (χ1n) is 8.77. The van der Waals surface area contributed by atoms with Crippen molar-refractivity contribution in [3.8, 4) is 0 Å². The summed E-state index contributed by atoms with van der Waals surface area (Å²) in [6.45, 7) is 7.07. The maximum Gasteiger partial charge on any atom is 0.445 e. The van der Waals surface area contributed by atoms with Gasteiger partial charge in [0.1, 0.15) is 12.1 Å². The van der Waals surface area contributed by atoms with Gasteiger partial charge in [0.25, 0.3) is 0 Å². The molecule has 2 unspecified atom stereocenters. The van der Waals surface area contributed by atoms with Gasteiger partial charge in [0, 0.05) is 19.0 Å². The van der Waals surface area contributed by atoms with Gasteiger partial charge >= 0.3 is 18.1 Å². The SMILES string of the molecule is CCC(C)OC(=N)[N+](C(=O)NSc1ccc(Cl)c(Cl)c1)(C(=O)N(C)C)C(C)C. The molecule has 0 radical (unpaired) electrons. The number of benzene rings is 1. The molecule has 0 fully saturated rings. The topological polar surface area (TPSA) is 82.5 Å². The third-order valence-corrected chi connectivity index (χ3v) is 5.64. The smallest absolute Gasteiger partial charge is 0.433 e. The number of carbonyl (C=O) groups excluding carboxylic acids is 2. The maximum absolute atomic E-state index is 13.2. The van der Waals surface area contributed by atoms with Gasteiger partial charge < -0.3 is 4.74 Å². The number of hydrogen-bond donors (Lipinski definition) is 2. The second-order valence-corrected chi connectivity index (χ2v) is 8.41. The Balaban J connectivity index is 3.24. The Labute approximate surface area is 180 Å². The van der Waals surface area contributed by atoms with Crippen molar-refractivity contribution in [2.45, 2.75) is 51.2 Å². The van der Waals surface area contributed by atoms with E-state index in [2.05, 4.69) is 4.72 Å². The van der Waals surface area contributed by atoms with Crippen LogP contribution in [0.3, 0.4) is 0 Å². The van der Waals surface area contributed by atoms with Crippen LogP contribution in [0.15, 0.2) is 23.1 Å². The molecule has 10 heteroatoms. The predicted molar refractivity (Wildman–Crippen MR) is 114 cm³/mol. The number of halogens is 2. The second kappa shape index (κ2) is 10.3. The molecule has 0 aliphatic rings. The maximum atomic E-state index is 13.2. The molecule has 0 heterocycles. The van der Waals surface area contributed by atoms with E-state index >= 15 is 0 Å². The Bertz CT molecular complexity index is 746. The first-order chi connectivity index (χ1) is 13.0. The van der Waals surface area contributed by atoms with Gasteiger partial charge in [0.2, 0.25) is 0 Å². The minimum atomic E-state index is -0.925. The highest BCUT2D eigenvalue weighted by molar-refractivity contribution is 7.98. The van der Waals surface area contributed by atoms with Crippen molar-refractivity contribution in [3.63, 3.8) is 0 Å². The molecule has 0 aromatic heterocycles. The third-order valence-electron chi connectivity index (χ3n) is 4.13. The fourth-order valence-electron chi connectivity index (χ4n) is 2.34. The minimum absolute atomic E-state index is 0.311. The van der Waals surface area contributed by atoms with Crippen LogP contribution in [0.4, 0.5) is 9.59 Å². The Morgan fingerprint density at radius 3 is 2.32 bits per heavy atom. The van der Waals surface area contributed by atoms with Crippen LogP contribution in [0.5, 0.6) is 0 Å². The van der Waals surface area contributed by atoms with Gasteiger partial charge in [-0.05, 0) is 57.3 Å². The summed E-state index contributed by atoms with van der Waals surface area (Å²) in [5.41, 5.74) is 0. The van der Waals surface area contributed by atoms with E-state index in [1.807, 2.05) is 6.92 Å². The lowest BCUT2D eigenvalue weighted by atomic mass is 10.2. The molecule has 0 bridgehead atoms. The molecular weight excluding hydrogens is 423 g/mol. The summed E-state index contributed by atoms with van der Waals surface area (Å²) < 4.78 is 7.34. The summed E-state index contributed by atoms with van der Waals surface area (Å²) in [4.78, 5) is 28.2. The lowest BCUT2D eigenvalue weighted by molar-refractivity contribution is -0.713. The number of nitrogens with zero attached hydrogens (tertiary/aromatic N) is 2.